The summed E-state index contributed by atoms with van der Waals surface area (Å²) in [5, 5.41) is 0. The lowest BCUT2D eigenvalue weighted by molar-refractivity contribution is -0.109. The molecule has 0 saturated carbocycles. The smallest absolute Gasteiger partial charge is 0.126 e. The standard InChI is InChI=1S/C5H9NO/c1-5(4-7)2-3-6/h2-5H,6H2,1H3. The first-order valence-corrected chi connectivity index (χ1v) is 2.15. The van der Waals surface area contributed by atoms with Crippen LogP contribution in [0.15, 0.2) is 12.3 Å². The molecule has 0 bridgehead atoms. The molecule has 0 rings (SSSR count). The molecule has 0 radical (unpaired) electrons. The van der Waals surface area contributed by atoms with Crippen molar-refractivity contribution in [3.63, 3.8) is 0 Å². The van der Waals surface area contributed by atoms with Crippen molar-refractivity contribution >= 4 is 6.29 Å². The third-order valence-corrected chi connectivity index (χ3v) is 0.629. The molecule has 2 heteroatoms. The van der Waals surface area contributed by atoms with Crippen LogP contribution in [0.4, 0.5) is 0 Å². The molecule has 0 fully saturated rings. The van der Waals surface area contributed by atoms with E-state index in [0.717, 1.165) is 6.29 Å². The Labute approximate surface area is 43.0 Å². The molecule has 1 unspecified atom stereocenters. The molecule has 0 aliphatic heterocycles. The molecular weight excluding hydrogens is 90.1 g/mol. The number of carbonyl (C=O) groups is 1. The number of nitrogens with two attached hydrogens (primary N) is 1. The van der Waals surface area contributed by atoms with E-state index in [2.05, 4.69) is 0 Å². The maximum atomic E-state index is 9.79. The molecule has 0 aromatic carbocycles. The topological polar surface area (TPSA) is 43.1 Å². The van der Waals surface area contributed by atoms with E-state index in [9.17, 15) is 4.79 Å². The molecule has 7 heavy (non-hydrogen) atoms. The van der Waals surface area contributed by atoms with Gasteiger partial charge in [0.25, 0.3) is 0 Å². The van der Waals surface area contributed by atoms with Crippen LogP contribution < -0.4 is 5.73 Å². The molecule has 1 atom stereocenters. The van der Waals surface area contributed by atoms with Crippen LogP contribution in [0.2, 0.25) is 0 Å². The maximum Gasteiger partial charge on any atom is 0.126 e. The summed E-state index contributed by atoms with van der Waals surface area (Å²) in [6.07, 6.45) is 3.84. The average molecular weight is 99.1 g/mol. The Balaban J connectivity index is 3.35. The summed E-state index contributed by atoms with van der Waals surface area (Å²) in [5.74, 6) is -0.0370. The van der Waals surface area contributed by atoms with E-state index in [1.54, 1.807) is 13.0 Å². The first-order valence-electron chi connectivity index (χ1n) is 2.15. The fraction of sp³-hybridized carbons (Fsp3) is 0.400. The molecule has 0 aromatic heterocycles. The maximum absolute atomic E-state index is 9.79. The molecule has 0 aromatic rings. The second-order valence-electron chi connectivity index (χ2n) is 1.38. The summed E-state index contributed by atoms with van der Waals surface area (Å²) in [7, 11) is 0. The third-order valence-electron chi connectivity index (χ3n) is 0.629. The van der Waals surface area contributed by atoms with E-state index in [0.29, 0.717) is 0 Å². The monoisotopic (exact) mass is 99.1 g/mol. The number of hydrogen-bond acceptors (Lipinski definition) is 2. The van der Waals surface area contributed by atoms with Gasteiger partial charge in [0.05, 0.1) is 0 Å². The van der Waals surface area contributed by atoms with Crippen molar-refractivity contribution in [2.24, 2.45) is 11.7 Å². The van der Waals surface area contributed by atoms with E-state index in [1.807, 2.05) is 0 Å². The molecule has 2 N–H and O–H groups in total. The van der Waals surface area contributed by atoms with E-state index in [1.165, 1.54) is 6.20 Å². The van der Waals surface area contributed by atoms with Crippen LogP contribution in [-0.4, -0.2) is 6.29 Å². The van der Waals surface area contributed by atoms with E-state index < -0.39 is 0 Å². The molecule has 0 amide bonds. The first-order chi connectivity index (χ1) is 3.31. The molecule has 0 aliphatic rings. The second-order valence-corrected chi connectivity index (χ2v) is 1.38. The van der Waals surface area contributed by atoms with Gasteiger partial charge in [-0.25, -0.2) is 0 Å². The summed E-state index contributed by atoms with van der Waals surface area (Å²) < 4.78 is 0. The van der Waals surface area contributed by atoms with Gasteiger partial charge in [0.15, 0.2) is 0 Å². The van der Waals surface area contributed by atoms with Crippen LogP contribution in [0.5, 0.6) is 0 Å². The lowest BCUT2D eigenvalue weighted by Gasteiger charge is -1.86. The van der Waals surface area contributed by atoms with Crippen LogP contribution in [-0.2, 0) is 4.79 Å². The van der Waals surface area contributed by atoms with Gasteiger partial charge in [0.2, 0.25) is 0 Å². The van der Waals surface area contributed by atoms with Crippen LogP contribution in [0.3, 0.4) is 0 Å². The Kier molecular flexibility index (Phi) is 3.02. The predicted octanol–water partition coefficient (Wildman–Crippen LogP) is 0.294. The SMILES string of the molecule is CC(C=O)C=CN. The molecule has 40 valence electrons. The Morgan fingerprint density at radius 1 is 1.71 bits per heavy atom. The summed E-state index contributed by atoms with van der Waals surface area (Å²) in [6, 6.07) is 0. The number of allylic oxidation sites excluding steroid dienone is 1. The van der Waals surface area contributed by atoms with Gasteiger partial charge in [-0.2, -0.15) is 0 Å². The Morgan fingerprint density at radius 3 is 2.43 bits per heavy atom. The molecule has 0 heterocycles. The van der Waals surface area contributed by atoms with Gasteiger partial charge >= 0.3 is 0 Å². The minimum Gasteiger partial charge on any atom is -0.405 e. The summed E-state index contributed by atoms with van der Waals surface area (Å²) in [4.78, 5) is 9.79. The highest BCUT2D eigenvalue weighted by Gasteiger charge is 1.86. The Hall–Kier alpha value is -0.790. The summed E-state index contributed by atoms with van der Waals surface area (Å²) >= 11 is 0. The Bertz CT molecular complexity index is 78.1. The molecular formula is C5H9NO. The van der Waals surface area contributed by atoms with E-state index in [4.69, 9.17) is 5.73 Å². The fourth-order valence-electron chi connectivity index (χ4n) is 0.221. The van der Waals surface area contributed by atoms with Crippen LogP contribution >= 0.6 is 0 Å². The van der Waals surface area contributed by atoms with Crippen molar-refractivity contribution in [2.75, 3.05) is 0 Å². The van der Waals surface area contributed by atoms with E-state index in [-0.39, 0.29) is 5.92 Å². The minimum absolute atomic E-state index is 0.0370. The third kappa shape index (κ3) is 3.03. The number of carbonyl (C=O) groups excluding carboxylic acids is 1. The highest BCUT2D eigenvalue weighted by molar-refractivity contribution is 5.55. The van der Waals surface area contributed by atoms with Crippen LogP contribution in [0.25, 0.3) is 0 Å². The van der Waals surface area contributed by atoms with Crippen molar-refractivity contribution in [2.45, 2.75) is 6.92 Å². The van der Waals surface area contributed by atoms with Gasteiger partial charge in [0.1, 0.15) is 6.29 Å². The van der Waals surface area contributed by atoms with Gasteiger partial charge in [0, 0.05) is 5.92 Å². The van der Waals surface area contributed by atoms with Crippen molar-refractivity contribution in [3.8, 4) is 0 Å². The molecule has 0 spiro atoms. The fourth-order valence-corrected chi connectivity index (χ4v) is 0.221. The molecule has 2 nitrogen and oxygen atoms in total. The van der Waals surface area contributed by atoms with E-state index >= 15 is 0 Å². The summed E-state index contributed by atoms with van der Waals surface area (Å²) in [6.45, 7) is 1.77. The highest BCUT2D eigenvalue weighted by atomic mass is 16.1. The zero-order valence-corrected chi connectivity index (χ0v) is 4.29. The van der Waals surface area contributed by atoms with Gasteiger partial charge in [-0.05, 0) is 6.20 Å². The van der Waals surface area contributed by atoms with Gasteiger partial charge in [-0.3, -0.25) is 0 Å². The zero-order valence-electron chi connectivity index (χ0n) is 4.29. The zero-order chi connectivity index (χ0) is 5.70. The Morgan fingerprint density at radius 2 is 2.29 bits per heavy atom. The predicted molar refractivity (Wildman–Crippen MR) is 28.6 cm³/mol. The largest absolute Gasteiger partial charge is 0.405 e. The molecule has 0 aliphatic carbocycles. The summed E-state index contributed by atoms with van der Waals surface area (Å²) in [5.41, 5.74) is 4.97. The van der Waals surface area contributed by atoms with Gasteiger partial charge < -0.3 is 10.5 Å². The van der Waals surface area contributed by atoms with Crippen molar-refractivity contribution in [3.05, 3.63) is 12.3 Å². The van der Waals surface area contributed by atoms with Gasteiger partial charge in [-0.1, -0.05) is 13.0 Å². The van der Waals surface area contributed by atoms with Crippen LogP contribution in [0, 0.1) is 5.92 Å². The quantitative estimate of drug-likeness (QED) is 0.506. The van der Waals surface area contributed by atoms with Crippen LogP contribution in [0.1, 0.15) is 6.92 Å². The normalized spacial score (nSPS) is 14.4. The van der Waals surface area contributed by atoms with Crippen molar-refractivity contribution in [1.29, 1.82) is 0 Å². The highest BCUT2D eigenvalue weighted by Crippen LogP contribution is 1.86. The lowest BCUT2D eigenvalue weighted by Crippen LogP contribution is -1.90. The minimum atomic E-state index is -0.0370. The number of rotatable bonds is 2. The first kappa shape index (κ1) is 6.21. The lowest BCUT2D eigenvalue weighted by atomic mass is 10.2. The molecule has 0 saturated heterocycles. The van der Waals surface area contributed by atoms with Crippen molar-refractivity contribution < 1.29 is 4.79 Å². The van der Waals surface area contributed by atoms with Gasteiger partial charge in [-0.15, -0.1) is 0 Å². The second kappa shape index (κ2) is 3.40. The number of hydrogen-bond donors (Lipinski definition) is 1. The average Bonchev–Trinajstić information content (AvgIpc) is 1.68. The number of aldehydes is 1. The van der Waals surface area contributed by atoms with Crippen molar-refractivity contribution in [1.82, 2.24) is 0 Å².